The predicted octanol–water partition coefficient (Wildman–Crippen LogP) is 3.83. The summed E-state index contributed by atoms with van der Waals surface area (Å²) < 4.78 is 11.1. The first-order chi connectivity index (χ1) is 12.6. The van der Waals surface area contributed by atoms with Gasteiger partial charge in [0, 0.05) is 10.7 Å². The molecule has 3 rings (SSSR count). The second kappa shape index (κ2) is 8.35. The Balaban J connectivity index is 1.67. The number of hydrogen-bond acceptors (Lipinski definition) is 7. The maximum absolute atomic E-state index is 5.85. The molecule has 0 saturated carbocycles. The van der Waals surface area contributed by atoms with E-state index in [1.165, 1.54) is 0 Å². The van der Waals surface area contributed by atoms with Crippen molar-refractivity contribution in [3.63, 3.8) is 0 Å². The fraction of sp³-hybridized carbons (Fsp3) is 0.167. The predicted molar refractivity (Wildman–Crippen MR) is 101 cm³/mol. The number of nitrogen functional groups attached to an aromatic ring is 1. The third kappa shape index (κ3) is 4.97. The van der Waals surface area contributed by atoms with E-state index < -0.39 is 0 Å². The first-order valence-electron chi connectivity index (χ1n) is 8.01. The van der Waals surface area contributed by atoms with Crippen LogP contribution in [0.15, 0.2) is 48.5 Å². The highest BCUT2D eigenvalue weighted by molar-refractivity contribution is 6.30. The van der Waals surface area contributed by atoms with Crippen LogP contribution < -0.4 is 20.5 Å². The molecule has 0 aliphatic rings. The number of nitrogens with one attached hydrogen (secondary N) is 1. The van der Waals surface area contributed by atoms with Gasteiger partial charge in [0.05, 0.1) is 6.61 Å². The van der Waals surface area contributed by atoms with Gasteiger partial charge in [0.1, 0.15) is 18.1 Å². The topological polar surface area (TPSA) is 95.2 Å². The summed E-state index contributed by atoms with van der Waals surface area (Å²) in [4.78, 5) is 12.5. The summed E-state index contributed by atoms with van der Waals surface area (Å²) >= 11 is 5.85. The van der Waals surface area contributed by atoms with Crippen LogP contribution in [0.25, 0.3) is 0 Å². The van der Waals surface area contributed by atoms with Gasteiger partial charge in [-0.2, -0.15) is 15.0 Å². The largest absolute Gasteiger partial charge is 0.494 e. The molecular weight excluding hydrogens is 354 g/mol. The summed E-state index contributed by atoms with van der Waals surface area (Å²) in [6.45, 7) is 2.72. The van der Waals surface area contributed by atoms with Gasteiger partial charge in [-0.3, -0.25) is 0 Å². The molecule has 2 aromatic carbocycles. The molecule has 3 aromatic rings. The molecule has 7 nitrogen and oxygen atoms in total. The molecule has 26 heavy (non-hydrogen) atoms. The number of nitrogens with zero attached hydrogens (tertiary/aromatic N) is 3. The van der Waals surface area contributed by atoms with E-state index in [-0.39, 0.29) is 12.6 Å². The zero-order valence-corrected chi connectivity index (χ0v) is 14.9. The van der Waals surface area contributed by atoms with Crippen LogP contribution in [-0.2, 0) is 6.61 Å². The smallest absolute Gasteiger partial charge is 0.232 e. The van der Waals surface area contributed by atoms with Gasteiger partial charge < -0.3 is 20.5 Å². The lowest BCUT2D eigenvalue weighted by molar-refractivity contribution is 0.296. The van der Waals surface area contributed by atoms with Crippen molar-refractivity contribution >= 4 is 29.2 Å². The van der Waals surface area contributed by atoms with Crippen molar-refractivity contribution in [2.24, 2.45) is 0 Å². The maximum Gasteiger partial charge on any atom is 0.232 e. The molecule has 1 heterocycles. The molecule has 3 N–H and O–H groups in total. The molecule has 1 aromatic heterocycles. The minimum Gasteiger partial charge on any atom is -0.494 e. The first kappa shape index (κ1) is 17.8. The van der Waals surface area contributed by atoms with Gasteiger partial charge in [-0.05, 0) is 55.5 Å². The molecule has 0 fully saturated rings. The molecule has 0 spiro atoms. The fourth-order valence-corrected chi connectivity index (χ4v) is 2.29. The molecule has 0 saturated heterocycles. The Morgan fingerprint density at radius 3 is 2.27 bits per heavy atom. The lowest BCUT2D eigenvalue weighted by Crippen LogP contribution is -2.09. The van der Waals surface area contributed by atoms with Crippen molar-refractivity contribution in [1.29, 1.82) is 0 Å². The number of ether oxygens (including phenoxy) is 2. The Morgan fingerprint density at radius 1 is 0.923 bits per heavy atom. The van der Waals surface area contributed by atoms with Crippen LogP contribution >= 0.6 is 11.6 Å². The molecule has 0 unspecified atom stereocenters. The third-order valence-corrected chi connectivity index (χ3v) is 3.55. The maximum atomic E-state index is 5.85. The van der Waals surface area contributed by atoms with Crippen molar-refractivity contribution in [3.05, 3.63) is 59.4 Å². The van der Waals surface area contributed by atoms with Gasteiger partial charge >= 0.3 is 0 Å². The molecule has 0 atom stereocenters. The normalized spacial score (nSPS) is 10.4. The Bertz CT molecular complexity index is 856. The van der Waals surface area contributed by atoms with Gasteiger partial charge in [0.15, 0.2) is 5.82 Å². The second-order valence-corrected chi connectivity index (χ2v) is 5.69. The van der Waals surface area contributed by atoms with E-state index in [0.717, 1.165) is 11.4 Å². The zero-order chi connectivity index (χ0) is 18.4. The van der Waals surface area contributed by atoms with Crippen LogP contribution in [0.5, 0.6) is 11.5 Å². The van der Waals surface area contributed by atoms with E-state index in [1.54, 1.807) is 24.3 Å². The molecule has 8 heteroatoms. The van der Waals surface area contributed by atoms with E-state index in [0.29, 0.717) is 29.2 Å². The number of nitrogens with two attached hydrogens (primary N) is 1. The average Bonchev–Trinajstić information content (AvgIpc) is 2.63. The SMILES string of the molecule is CCOc1ccc(Nc2nc(N)nc(COc3ccc(Cl)cc3)n2)cc1. The molecule has 0 bridgehead atoms. The van der Waals surface area contributed by atoms with Crippen LogP contribution in [0, 0.1) is 0 Å². The van der Waals surface area contributed by atoms with E-state index in [9.17, 15) is 0 Å². The number of halogens is 1. The summed E-state index contributed by atoms with van der Waals surface area (Å²) in [6, 6.07) is 14.5. The highest BCUT2D eigenvalue weighted by atomic mass is 35.5. The third-order valence-electron chi connectivity index (χ3n) is 3.30. The van der Waals surface area contributed by atoms with Crippen LogP contribution in [0.1, 0.15) is 12.7 Å². The minimum absolute atomic E-state index is 0.114. The molecular formula is C18H18ClN5O2. The van der Waals surface area contributed by atoms with Crippen molar-refractivity contribution < 1.29 is 9.47 Å². The number of benzene rings is 2. The van der Waals surface area contributed by atoms with Crippen molar-refractivity contribution in [2.45, 2.75) is 13.5 Å². The van der Waals surface area contributed by atoms with Crippen molar-refractivity contribution in [2.75, 3.05) is 17.7 Å². The molecule has 0 radical (unpaired) electrons. The van der Waals surface area contributed by atoms with Crippen LogP contribution in [0.4, 0.5) is 17.6 Å². The molecule has 134 valence electrons. The van der Waals surface area contributed by atoms with Gasteiger partial charge in [-0.25, -0.2) is 0 Å². The summed E-state index contributed by atoms with van der Waals surface area (Å²) in [5.74, 6) is 2.33. The lowest BCUT2D eigenvalue weighted by Gasteiger charge is -2.09. The molecule has 0 aliphatic carbocycles. The lowest BCUT2D eigenvalue weighted by atomic mass is 10.3. The monoisotopic (exact) mass is 371 g/mol. The van der Waals surface area contributed by atoms with Gasteiger partial charge in [-0.15, -0.1) is 0 Å². The van der Waals surface area contributed by atoms with E-state index in [1.807, 2.05) is 31.2 Å². The first-order valence-corrected chi connectivity index (χ1v) is 8.39. The second-order valence-electron chi connectivity index (χ2n) is 5.26. The van der Waals surface area contributed by atoms with Crippen molar-refractivity contribution in [1.82, 2.24) is 15.0 Å². The number of rotatable bonds is 7. The summed E-state index contributed by atoms with van der Waals surface area (Å²) in [7, 11) is 0. The highest BCUT2D eigenvalue weighted by Crippen LogP contribution is 2.19. The number of hydrogen-bond donors (Lipinski definition) is 2. The quantitative estimate of drug-likeness (QED) is 0.651. The van der Waals surface area contributed by atoms with Gasteiger partial charge in [-0.1, -0.05) is 11.6 Å². The van der Waals surface area contributed by atoms with Crippen LogP contribution in [0.3, 0.4) is 0 Å². The van der Waals surface area contributed by atoms with Crippen LogP contribution in [0.2, 0.25) is 5.02 Å². The fourth-order valence-electron chi connectivity index (χ4n) is 2.17. The Morgan fingerprint density at radius 2 is 1.58 bits per heavy atom. The number of aromatic nitrogens is 3. The average molecular weight is 372 g/mol. The highest BCUT2D eigenvalue weighted by Gasteiger charge is 2.06. The summed E-state index contributed by atoms with van der Waals surface area (Å²) in [6.07, 6.45) is 0. The summed E-state index contributed by atoms with van der Waals surface area (Å²) in [5.41, 5.74) is 6.58. The number of anilines is 3. The van der Waals surface area contributed by atoms with E-state index in [2.05, 4.69) is 20.3 Å². The standard InChI is InChI=1S/C18H18ClN5O2/c1-2-25-14-9-5-13(6-10-14)21-18-23-16(22-17(20)24-18)11-26-15-7-3-12(19)4-8-15/h3-10H,2,11H2,1H3,(H3,20,21,22,23,24). The van der Waals surface area contributed by atoms with Crippen molar-refractivity contribution in [3.8, 4) is 11.5 Å². The van der Waals surface area contributed by atoms with Crippen LogP contribution in [-0.4, -0.2) is 21.6 Å². The zero-order valence-electron chi connectivity index (χ0n) is 14.1. The Labute approximate surface area is 156 Å². The van der Waals surface area contributed by atoms with Gasteiger partial charge in [0.25, 0.3) is 0 Å². The Hall–Kier alpha value is -3.06. The van der Waals surface area contributed by atoms with Gasteiger partial charge in [0.2, 0.25) is 11.9 Å². The molecule has 0 aliphatic heterocycles. The minimum atomic E-state index is 0.114. The molecule has 0 amide bonds. The van der Waals surface area contributed by atoms with E-state index in [4.69, 9.17) is 26.8 Å². The van der Waals surface area contributed by atoms with E-state index >= 15 is 0 Å². The Kier molecular flexibility index (Phi) is 5.70. The summed E-state index contributed by atoms with van der Waals surface area (Å²) in [5, 5.41) is 3.73.